The number of aromatic amines is 1. The van der Waals surface area contributed by atoms with Gasteiger partial charge in [-0.25, -0.2) is 4.98 Å². The van der Waals surface area contributed by atoms with Gasteiger partial charge in [-0.05, 0) is 42.7 Å². The Morgan fingerprint density at radius 2 is 2.09 bits per heavy atom. The average molecular weight is 313 g/mol. The summed E-state index contributed by atoms with van der Waals surface area (Å²) in [6, 6.07) is 1.95. The molecule has 0 aliphatic heterocycles. The van der Waals surface area contributed by atoms with Crippen LogP contribution in [0.5, 0.6) is 0 Å². The molecule has 1 saturated carbocycles. The highest BCUT2D eigenvalue weighted by molar-refractivity contribution is 5.90. The number of rotatable bonds is 4. The fourth-order valence-corrected chi connectivity index (χ4v) is 2.98. The fourth-order valence-electron chi connectivity index (χ4n) is 2.98. The summed E-state index contributed by atoms with van der Waals surface area (Å²) in [6.45, 7) is 6.38. The number of nitrogens with one attached hydrogen (secondary N) is 1. The van der Waals surface area contributed by atoms with Crippen LogP contribution in [0.1, 0.15) is 47.9 Å². The Kier molecular flexibility index (Phi) is 3.71. The molecule has 0 bridgehead atoms. The molecular weight excluding hydrogens is 294 g/mol. The lowest BCUT2D eigenvalue weighted by atomic mass is 10.0. The summed E-state index contributed by atoms with van der Waals surface area (Å²) in [7, 11) is 0. The minimum absolute atomic E-state index is 0.321. The number of carbonyl (C=O) groups excluding carboxylic acids is 1. The molecule has 2 aromatic heterocycles. The summed E-state index contributed by atoms with van der Waals surface area (Å²) in [6.07, 6.45) is 2.57. The first-order valence-electron chi connectivity index (χ1n) is 7.62. The van der Waals surface area contributed by atoms with Gasteiger partial charge in [-0.1, -0.05) is 13.8 Å². The molecule has 1 aliphatic carbocycles. The minimum atomic E-state index is -0.865. The molecule has 0 spiro atoms. The molecule has 23 heavy (non-hydrogen) atoms. The van der Waals surface area contributed by atoms with Gasteiger partial charge in [-0.2, -0.15) is 5.10 Å². The van der Waals surface area contributed by atoms with Gasteiger partial charge in [0.05, 0.1) is 5.69 Å². The van der Waals surface area contributed by atoms with E-state index >= 15 is 0 Å². The predicted octanol–water partition coefficient (Wildman–Crippen LogP) is 1.39. The van der Waals surface area contributed by atoms with Crippen LogP contribution < -0.4 is 11.3 Å². The second kappa shape index (κ2) is 5.57. The molecule has 3 N–H and O–H groups in total. The third-order valence-corrected chi connectivity index (χ3v) is 4.40. The summed E-state index contributed by atoms with van der Waals surface area (Å²) in [5, 5.41) is 8.34. The highest BCUT2D eigenvalue weighted by atomic mass is 16.2. The maximum atomic E-state index is 11.5. The van der Waals surface area contributed by atoms with E-state index in [1.165, 1.54) is 6.20 Å². The second-order valence-corrected chi connectivity index (χ2v) is 6.35. The first-order valence-corrected chi connectivity index (χ1v) is 7.62. The molecule has 7 heteroatoms. The number of nitrogens with two attached hydrogens (primary N) is 1. The number of hydrogen-bond donors (Lipinski definition) is 2. The van der Waals surface area contributed by atoms with E-state index < -0.39 is 11.5 Å². The first kappa shape index (κ1) is 15.3. The van der Waals surface area contributed by atoms with Crippen LogP contribution in [0, 0.1) is 18.8 Å². The Balaban J connectivity index is 2.00. The molecular formula is C16H19N5O2. The lowest BCUT2D eigenvalue weighted by molar-refractivity contribution is 0.0994. The van der Waals surface area contributed by atoms with Crippen molar-refractivity contribution in [2.45, 2.75) is 33.1 Å². The van der Waals surface area contributed by atoms with Gasteiger partial charge in [0.1, 0.15) is 11.4 Å². The van der Waals surface area contributed by atoms with E-state index in [1.807, 2.05) is 13.0 Å². The van der Waals surface area contributed by atoms with Crippen molar-refractivity contribution in [1.82, 2.24) is 20.2 Å². The highest BCUT2D eigenvalue weighted by Crippen LogP contribution is 2.52. The number of nitrogens with zero attached hydrogens (tertiary/aromatic N) is 3. The van der Waals surface area contributed by atoms with E-state index in [4.69, 9.17) is 5.73 Å². The molecule has 3 rings (SSSR count). The monoisotopic (exact) mass is 313 g/mol. The molecule has 0 unspecified atom stereocenters. The van der Waals surface area contributed by atoms with Crippen LogP contribution >= 0.6 is 0 Å². The Bertz CT molecular complexity index is 827. The van der Waals surface area contributed by atoms with Crippen LogP contribution in [0.4, 0.5) is 0 Å². The van der Waals surface area contributed by atoms with Crippen molar-refractivity contribution in [2.75, 3.05) is 0 Å². The van der Waals surface area contributed by atoms with Crippen LogP contribution in [-0.4, -0.2) is 26.1 Å². The number of aryl methyl sites for hydroxylation is 1. The zero-order valence-electron chi connectivity index (χ0n) is 13.3. The van der Waals surface area contributed by atoms with Gasteiger partial charge in [0.15, 0.2) is 5.69 Å². The van der Waals surface area contributed by atoms with Crippen LogP contribution in [0.2, 0.25) is 0 Å². The van der Waals surface area contributed by atoms with E-state index in [0.717, 1.165) is 17.7 Å². The fraction of sp³-hybridized carbons (Fsp3) is 0.438. The van der Waals surface area contributed by atoms with Crippen molar-refractivity contribution in [1.29, 1.82) is 0 Å². The summed E-state index contributed by atoms with van der Waals surface area (Å²) in [5.74, 6) is 0.914. The standard InChI is InChI=1S/C16H19N5O2/c1-7(2)9-4-11(9)10-5-12(21-20-8(10)3)13-6-18-16(23)14(19-13)15(17)22/h5-7,9,11H,4H2,1-3H3,(H2,17,22)(H,18,23)/t9-,11+/m0/s1. The normalized spacial score (nSPS) is 19.8. The van der Waals surface area contributed by atoms with Gasteiger partial charge >= 0.3 is 0 Å². The van der Waals surface area contributed by atoms with Crippen molar-refractivity contribution < 1.29 is 4.79 Å². The maximum absolute atomic E-state index is 11.5. The molecule has 2 heterocycles. The molecule has 120 valence electrons. The zero-order valence-corrected chi connectivity index (χ0v) is 13.3. The Labute approximate surface area is 133 Å². The van der Waals surface area contributed by atoms with Gasteiger partial charge in [-0.3, -0.25) is 9.59 Å². The van der Waals surface area contributed by atoms with Gasteiger partial charge in [0, 0.05) is 6.20 Å². The van der Waals surface area contributed by atoms with Crippen molar-refractivity contribution in [3.63, 3.8) is 0 Å². The molecule has 1 amide bonds. The summed E-state index contributed by atoms with van der Waals surface area (Å²) in [5.41, 5.74) is 7.21. The third-order valence-electron chi connectivity index (χ3n) is 4.40. The van der Waals surface area contributed by atoms with E-state index in [-0.39, 0.29) is 5.69 Å². The minimum Gasteiger partial charge on any atom is -0.364 e. The topological polar surface area (TPSA) is 115 Å². The number of hydrogen-bond acceptors (Lipinski definition) is 5. The number of aromatic nitrogens is 4. The lowest BCUT2D eigenvalue weighted by Crippen LogP contribution is -2.25. The van der Waals surface area contributed by atoms with Crippen LogP contribution in [0.25, 0.3) is 11.4 Å². The van der Waals surface area contributed by atoms with E-state index in [1.54, 1.807) is 0 Å². The average Bonchev–Trinajstić information content (AvgIpc) is 3.28. The van der Waals surface area contributed by atoms with Crippen molar-refractivity contribution >= 4 is 5.91 Å². The van der Waals surface area contributed by atoms with Gasteiger partial charge < -0.3 is 10.7 Å². The summed E-state index contributed by atoms with van der Waals surface area (Å²) < 4.78 is 0. The molecule has 0 aromatic carbocycles. The largest absolute Gasteiger partial charge is 0.364 e. The number of primary amides is 1. The Morgan fingerprint density at radius 1 is 1.35 bits per heavy atom. The molecule has 0 saturated heterocycles. The van der Waals surface area contributed by atoms with Gasteiger partial charge in [-0.15, -0.1) is 5.10 Å². The van der Waals surface area contributed by atoms with Crippen LogP contribution in [-0.2, 0) is 0 Å². The molecule has 2 aromatic rings. The predicted molar refractivity (Wildman–Crippen MR) is 84.8 cm³/mol. The van der Waals surface area contributed by atoms with E-state index in [2.05, 4.69) is 34.0 Å². The zero-order chi connectivity index (χ0) is 16.7. The first-order chi connectivity index (χ1) is 10.9. The SMILES string of the molecule is Cc1nnc(-c2c[nH]c(=O)c(C(N)=O)n2)cc1[C@@H]1C[C@H]1C(C)C. The van der Waals surface area contributed by atoms with Crippen LogP contribution in [0.15, 0.2) is 17.1 Å². The molecule has 0 radical (unpaired) electrons. The molecule has 1 aliphatic rings. The molecule has 1 fully saturated rings. The Morgan fingerprint density at radius 3 is 2.70 bits per heavy atom. The van der Waals surface area contributed by atoms with Gasteiger partial charge in [0.2, 0.25) is 0 Å². The van der Waals surface area contributed by atoms with Crippen molar-refractivity contribution in [3.8, 4) is 11.4 Å². The van der Waals surface area contributed by atoms with Crippen LogP contribution in [0.3, 0.4) is 0 Å². The number of carbonyl (C=O) groups is 1. The number of amides is 1. The maximum Gasteiger partial charge on any atom is 0.279 e. The van der Waals surface area contributed by atoms with Gasteiger partial charge in [0.25, 0.3) is 11.5 Å². The smallest absolute Gasteiger partial charge is 0.279 e. The summed E-state index contributed by atoms with van der Waals surface area (Å²) >= 11 is 0. The summed E-state index contributed by atoms with van der Waals surface area (Å²) in [4.78, 5) is 29.3. The second-order valence-electron chi connectivity index (χ2n) is 6.35. The molecule has 7 nitrogen and oxygen atoms in total. The molecule has 2 atom stereocenters. The van der Waals surface area contributed by atoms with Crippen molar-refractivity contribution in [2.24, 2.45) is 17.6 Å². The van der Waals surface area contributed by atoms with E-state index in [0.29, 0.717) is 29.1 Å². The number of H-pyrrole nitrogens is 1. The van der Waals surface area contributed by atoms with E-state index in [9.17, 15) is 9.59 Å². The quantitative estimate of drug-likeness (QED) is 0.885. The third kappa shape index (κ3) is 2.86. The Hall–Kier alpha value is -2.57. The van der Waals surface area contributed by atoms with Crippen molar-refractivity contribution in [3.05, 3.63) is 39.6 Å². The lowest BCUT2D eigenvalue weighted by Gasteiger charge is -2.08. The highest BCUT2D eigenvalue weighted by Gasteiger charge is 2.41.